The number of aryl methyl sites for hydroxylation is 3. The van der Waals surface area contributed by atoms with Crippen LogP contribution in [0.1, 0.15) is 41.2 Å². The lowest BCUT2D eigenvalue weighted by Crippen LogP contribution is -2.41. The van der Waals surface area contributed by atoms with Crippen molar-refractivity contribution in [3.8, 4) is 5.95 Å². The minimum absolute atomic E-state index is 0.131. The summed E-state index contributed by atoms with van der Waals surface area (Å²) in [7, 11) is 0. The highest BCUT2D eigenvalue weighted by atomic mass is 16.4. The van der Waals surface area contributed by atoms with Gasteiger partial charge in [0.05, 0.1) is 12.1 Å². The van der Waals surface area contributed by atoms with E-state index in [1.165, 1.54) is 4.90 Å². The Morgan fingerprint density at radius 2 is 1.85 bits per heavy atom. The molecule has 3 rings (SSSR count). The van der Waals surface area contributed by atoms with E-state index in [1.807, 2.05) is 33.8 Å². The zero-order chi connectivity index (χ0) is 19.0. The van der Waals surface area contributed by atoms with Crippen molar-refractivity contribution in [2.75, 3.05) is 6.54 Å². The molecule has 0 saturated carbocycles. The fourth-order valence-electron chi connectivity index (χ4n) is 3.50. The maximum Gasteiger partial charge on any atom is 0.326 e. The molecule has 8 heteroatoms. The fourth-order valence-corrected chi connectivity index (χ4v) is 3.50. The normalized spacial score (nSPS) is 16.9. The highest BCUT2D eigenvalue weighted by Crippen LogP contribution is 2.22. The van der Waals surface area contributed by atoms with Crippen LogP contribution >= 0.6 is 0 Å². The van der Waals surface area contributed by atoms with Gasteiger partial charge in [0.1, 0.15) is 6.04 Å². The predicted molar refractivity (Wildman–Crippen MR) is 94.2 cm³/mol. The zero-order valence-electron chi connectivity index (χ0n) is 15.5. The molecule has 0 unspecified atom stereocenters. The lowest BCUT2D eigenvalue weighted by Gasteiger charge is -2.21. The molecule has 1 aliphatic rings. The van der Waals surface area contributed by atoms with Gasteiger partial charge in [0.15, 0.2) is 0 Å². The molecule has 1 N–H and O–H groups in total. The summed E-state index contributed by atoms with van der Waals surface area (Å²) in [4.78, 5) is 34.3. The zero-order valence-corrected chi connectivity index (χ0v) is 15.5. The van der Waals surface area contributed by atoms with Crippen molar-refractivity contribution >= 4 is 11.9 Å². The maximum absolute atomic E-state index is 12.7. The Hall–Kier alpha value is -2.77. The molecule has 0 aromatic carbocycles. The van der Waals surface area contributed by atoms with Gasteiger partial charge in [0.2, 0.25) is 5.91 Å². The number of likely N-dealkylation sites (tertiary alicyclic amines) is 1. The highest BCUT2D eigenvalue weighted by molar-refractivity contribution is 5.85. The van der Waals surface area contributed by atoms with Crippen LogP contribution in [0.4, 0.5) is 0 Å². The van der Waals surface area contributed by atoms with Crippen LogP contribution in [0.3, 0.4) is 0 Å². The number of carbonyl (C=O) groups excluding carboxylic acids is 1. The molecule has 1 fully saturated rings. The number of amides is 1. The number of rotatable bonds is 4. The molecule has 1 amide bonds. The Morgan fingerprint density at radius 3 is 2.46 bits per heavy atom. The van der Waals surface area contributed by atoms with Crippen molar-refractivity contribution in [2.24, 2.45) is 0 Å². The predicted octanol–water partition coefficient (Wildman–Crippen LogP) is 1.51. The smallest absolute Gasteiger partial charge is 0.326 e. The first kappa shape index (κ1) is 18.0. The van der Waals surface area contributed by atoms with Gasteiger partial charge in [-0.3, -0.25) is 4.79 Å². The molecule has 26 heavy (non-hydrogen) atoms. The average molecular weight is 357 g/mol. The Kier molecular flexibility index (Phi) is 4.76. The summed E-state index contributed by atoms with van der Waals surface area (Å²) in [6.07, 6.45) is 1.36. The summed E-state index contributed by atoms with van der Waals surface area (Å²) in [5.41, 5.74) is 4.02. The summed E-state index contributed by atoms with van der Waals surface area (Å²) >= 11 is 0. The molecular weight excluding hydrogens is 334 g/mol. The molecule has 1 aliphatic heterocycles. The Balaban J connectivity index is 1.89. The van der Waals surface area contributed by atoms with Crippen molar-refractivity contribution in [1.82, 2.24) is 24.6 Å². The van der Waals surface area contributed by atoms with Crippen LogP contribution in [0.25, 0.3) is 5.95 Å². The van der Waals surface area contributed by atoms with Gasteiger partial charge < -0.3 is 10.0 Å². The van der Waals surface area contributed by atoms with Crippen LogP contribution in [0.2, 0.25) is 0 Å². The Morgan fingerprint density at radius 1 is 1.19 bits per heavy atom. The van der Waals surface area contributed by atoms with Crippen LogP contribution in [0.15, 0.2) is 6.07 Å². The number of aliphatic carboxylic acids is 1. The molecule has 1 saturated heterocycles. The van der Waals surface area contributed by atoms with E-state index in [2.05, 4.69) is 15.1 Å². The van der Waals surface area contributed by atoms with E-state index in [4.69, 9.17) is 0 Å². The lowest BCUT2D eigenvalue weighted by molar-refractivity contribution is -0.148. The summed E-state index contributed by atoms with van der Waals surface area (Å²) in [5.74, 6) is -0.642. The van der Waals surface area contributed by atoms with Crippen LogP contribution < -0.4 is 0 Å². The van der Waals surface area contributed by atoms with Crippen molar-refractivity contribution < 1.29 is 14.7 Å². The van der Waals surface area contributed by atoms with Crippen molar-refractivity contribution in [3.05, 3.63) is 34.4 Å². The molecule has 3 heterocycles. The van der Waals surface area contributed by atoms with Gasteiger partial charge in [-0.05, 0) is 46.6 Å². The van der Waals surface area contributed by atoms with E-state index in [0.29, 0.717) is 18.9 Å². The van der Waals surface area contributed by atoms with Crippen LogP contribution in [-0.2, 0) is 16.0 Å². The van der Waals surface area contributed by atoms with Crippen molar-refractivity contribution in [1.29, 1.82) is 0 Å². The number of nitrogens with zero attached hydrogens (tertiary/aromatic N) is 5. The topological polar surface area (TPSA) is 101 Å². The third-order valence-electron chi connectivity index (χ3n) is 4.79. The van der Waals surface area contributed by atoms with Gasteiger partial charge in [0, 0.05) is 29.2 Å². The van der Waals surface area contributed by atoms with Gasteiger partial charge in [-0.25, -0.2) is 19.4 Å². The van der Waals surface area contributed by atoms with Gasteiger partial charge >= 0.3 is 5.97 Å². The second-order valence-corrected chi connectivity index (χ2v) is 6.77. The molecule has 0 aliphatic carbocycles. The van der Waals surface area contributed by atoms with E-state index in [0.717, 1.165) is 34.8 Å². The first-order valence-electron chi connectivity index (χ1n) is 8.68. The van der Waals surface area contributed by atoms with E-state index in [9.17, 15) is 14.7 Å². The third-order valence-corrected chi connectivity index (χ3v) is 4.79. The van der Waals surface area contributed by atoms with Crippen LogP contribution in [-0.4, -0.2) is 54.2 Å². The molecular formula is C18H23N5O3. The SMILES string of the molecule is Cc1cc(C)nc(-n2nc(C)c(CC(=O)N3CCC[C@@H]3C(=O)O)c2C)n1. The summed E-state index contributed by atoms with van der Waals surface area (Å²) < 4.78 is 1.65. The second-order valence-electron chi connectivity index (χ2n) is 6.77. The second kappa shape index (κ2) is 6.86. The quantitative estimate of drug-likeness (QED) is 0.890. The number of hydrogen-bond donors (Lipinski definition) is 1. The minimum Gasteiger partial charge on any atom is -0.480 e. The molecule has 8 nitrogen and oxygen atoms in total. The molecule has 2 aromatic rings. The summed E-state index contributed by atoms with van der Waals surface area (Å²) in [6, 6.07) is 1.17. The number of carbonyl (C=O) groups is 2. The van der Waals surface area contributed by atoms with E-state index in [-0.39, 0.29) is 12.3 Å². The van der Waals surface area contributed by atoms with Crippen molar-refractivity contribution in [2.45, 2.75) is 53.0 Å². The first-order chi connectivity index (χ1) is 12.3. The minimum atomic E-state index is -0.941. The molecule has 0 spiro atoms. The lowest BCUT2D eigenvalue weighted by atomic mass is 10.1. The monoisotopic (exact) mass is 357 g/mol. The largest absolute Gasteiger partial charge is 0.480 e. The Labute approximate surface area is 151 Å². The standard InChI is InChI=1S/C18H23N5O3/c1-10-8-11(2)20-18(19-10)23-13(4)14(12(3)21-23)9-16(24)22-7-5-6-15(22)17(25)26/h8,15H,5-7,9H2,1-4H3,(H,25,26)/t15-/m1/s1. The number of aromatic nitrogens is 4. The van der Waals surface area contributed by atoms with E-state index in [1.54, 1.807) is 4.68 Å². The van der Waals surface area contributed by atoms with Gasteiger partial charge in [0.25, 0.3) is 5.95 Å². The molecule has 2 aromatic heterocycles. The van der Waals surface area contributed by atoms with Crippen LogP contribution in [0, 0.1) is 27.7 Å². The number of carboxylic acid groups (broad SMARTS) is 1. The van der Waals surface area contributed by atoms with E-state index >= 15 is 0 Å². The average Bonchev–Trinajstić information content (AvgIpc) is 3.14. The summed E-state index contributed by atoms with van der Waals surface area (Å²) in [6.45, 7) is 8.00. The van der Waals surface area contributed by atoms with Gasteiger partial charge in [-0.2, -0.15) is 5.10 Å². The number of carboxylic acids is 1. The molecule has 138 valence electrons. The molecule has 0 radical (unpaired) electrons. The molecule has 1 atom stereocenters. The van der Waals surface area contributed by atoms with Gasteiger partial charge in [-0.1, -0.05) is 0 Å². The summed E-state index contributed by atoms with van der Waals surface area (Å²) in [5, 5.41) is 13.8. The van der Waals surface area contributed by atoms with Crippen LogP contribution in [0.5, 0.6) is 0 Å². The van der Waals surface area contributed by atoms with E-state index < -0.39 is 12.0 Å². The van der Waals surface area contributed by atoms with Crippen molar-refractivity contribution in [3.63, 3.8) is 0 Å². The number of hydrogen-bond acceptors (Lipinski definition) is 5. The third kappa shape index (κ3) is 3.31. The highest BCUT2D eigenvalue weighted by Gasteiger charge is 2.34. The Bertz CT molecular complexity index is 854. The maximum atomic E-state index is 12.7. The molecule has 0 bridgehead atoms. The fraction of sp³-hybridized carbons (Fsp3) is 0.500. The first-order valence-corrected chi connectivity index (χ1v) is 8.68. The van der Waals surface area contributed by atoms with Gasteiger partial charge in [-0.15, -0.1) is 0 Å².